The fourth-order valence-electron chi connectivity index (χ4n) is 7.36. The summed E-state index contributed by atoms with van der Waals surface area (Å²) in [4.78, 5) is 38.1. The Hall–Kier alpha value is -3.93. The highest BCUT2D eigenvalue weighted by molar-refractivity contribution is 5.71. The van der Waals surface area contributed by atoms with Gasteiger partial charge < -0.3 is 14.2 Å². The van der Waals surface area contributed by atoms with Gasteiger partial charge in [0.25, 0.3) is 0 Å². The Kier molecular flexibility index (Phi) is 52.4. The molecule has 0 bridgehead atoms. The van der Waals surface area contributed by atoms with E-state index < -0.39 is 6.10 Å². The van der Waals surface area contributed by atoms with Crippen molar-refractivity contribution in [2.75, 3.05) is 13.2 Å². The quantitative estimate of drug-likeness (QED) is 0.0262. The molecule has 0 heterocycles. The lowest BCUT2D eigenvalue weighted by atomic mass is 10.1. The molecule has 386 valence electrons. The highest BCUT2D eigenvalue weighted by Gasteiger charge is 2.19. The maximum absolute atomic E-state index is 12.8. The smallest absolute Gasteiger partial charge is 0.306 e. The van der Waals surface area contributed by atoms with Gasteiger partial charge in [-0.2, -0.15) is 0 Å². The van der Waals surface area contributed by atoms with Crippen molar-refractivity contribution >= 4 is 17.9 Å². The number of hydrogen-bond donors (Lipinski definition) is 0. The number of allylic oxidation sites excluding steroid dienone is 18. The molecule has 1 atom stereocenters. The van der Waals surface area contributed by atoms with Crippen LogP contribution in [0.5, 0.6) is 0 Å². The van der Waals surface area contributed by atoms with Crippen molar-refractivity contribution in [2.45, 2.75) is 252 Å². The second kappa shape index (κ2) is 55.7. The lowest BCUT2D eigenvalue weighted by Gasteiger charge is -2.18. The second-order valence-corrected chi connectivity index (χ2v) is 18.1. The average molecular weight is 943 g/mol. The highest BCUT2D eigenvalue weighted by atomic mass is 16.6. The zero-order valence-electron chi connectivity index (χ0n) is 44.1. The maximum atomic E-state index is 12.8. The average Bonchev–Trinajstić information content (AvgIpc) is 3.34. The van der Waals surface area contributed by atoms with Crippen LogP contribution in [0, 0.1) is 0 Å². The zero-order chi connectivity index (χ0) is 49.3. The maximum Gasteiger partial charge on any atom is 0.306 e. The molecule has 0 aromatic rings. The number of unbranched alkanes of at least 4 members (excludes halogenated alkanes) is 20. The number of esters is 3. The molecule has 0 rings (SSSR count). The van der Waals surface area contributed by atoms with E-state index in [4.69, 9.17) is 14.2 Å². The zero-order valence-corrected chi connectivity index (χ0v) is 44.1. The Morgan fingerprint density at radius 2 is 0.574 bits per heavy atom. The van der Waals surface area contributed by atoms with Gasteiger partial charge in [0.1, 0.15) is 13.2 Å². The molecule has 0 saturated heterocycles. The van der Waals surface area contributed by atoms with Crippen molar-refractivity contribution in [1.82, 2.24) is 0 Å². The van der Waals surface area contributed by atoms with Crippen LogP contribution < -0.4 is 0 Å². The first-order valence-electron chi connectivity index (χ1n) is 27.9. The molecule has 0 radical (unpaired) electrons. The van der Waals surface area contributed by atoms with Gasteiger partial charge in [0, 0.05) is 19.3 Å². The number of carbonyl (C=O) groups is 3. The molecule has 0 aliphatic rings. The van der Waals surface area contributed by atoms with E-state index >= 15 is 0 Å². The third kappa shape index (κ3) is 53.0. The third-order valence-electron chi connectivity index (χ3n) is 11.5. The van der Waals surface area contributed by atoms with Crippen LogP contribution in [-0.4, -0.2) is 37.2 Å². The lowest BCUT2D eigenvalue weighted by molar-refractivity contribution is -0.167. The molecule has 0 aromatic carbocycles. The summed E-state index contributed by atoms with van der Waals surface area (Å²) in [7, 11) is 0. The largest absolute Gasteiger partial charge is 0.462 e. The van der Waals surface area contributed by atoms with E-state index in [2.05, 4.69) is 130 Å². The van der Waals surface area contributed by atoms with Crippen LogP contribution in [0.3, 0.4) is 0 Å². The molecule has 1 unspecified atom stereocenters. The molecule has 0 spiro atoms. The molecule has 0 aromatic heterocycles. The number of carbonyl (C=O) groups excluding carboxylic acids is 3. The molecular weight excluding hydrogens is 841 g/mol. The minimum Gasteiger partial charge on any atom is -0.462 e. The number of rotatable bonds is 49. The van der Waals surface area contributed by atoms with E-state index in [0.29, 0.717) is 19.3 Å². The van der Waals surface area contributed by atoms with Crippen molar-refractivity contribution < 1.29 is 28.6 Å². The van der Waals surface area contributed by atoms with Crippen LogP contribution in [0.4, 0.5) is 0 Å². The number of ether oxygens (including phenoxy) is 3. The van der Waals surface area contributed by atoms with Crippen LogP contribution in [0.25, 0.3) is 0 Å². The van der Waals surface area contributed by atoms with E-state index in [-0.39, 0.29) is 31.1 Å². The summed E-state index contributed by atoms with van der Waals surface area (Å²) in [5.74, 6) is -0.972. The van der Waals surface area contributed by atoms with E-state index in [1.807, 2.05) is 0 Å². The monoisotopic (exact) mass is 943 g/mol. The molecule has 6 heteroatoms. The fraction of sp³-hybridized carbons (Fsp3) is 0.661. The molecule has 0 saturated carbocycles. The van der Waals surface area contributed by atoms with Crippen LogP contribution in [0.2, 0.25) is 0 Å². The van der Waals surface area contributed by atoms with Gasteiger partial charge in [-0.3, -0.25) is 14.4 Å². The summed E-state index contributed by atoms with van der Waals surface area (Å²) < 4.78 is 16.8. The molecule has 6 nitrogen and oxygen atoms in total. The highest BCUT2D eigenvalue weighted by Crippen LogP contribution is 2.14. The van der Waals surface area contributed by atoms with Gasteiger partial charge in [-0.05, 0) is 122 Å². The lowest BCUT2D eigenvalue weighted by Crippen LogP contribution is -2.30. The third-order valence-corrected chi connectivity index (χ3v) is 11.5. The summed E-state index contributed by atoms with van der Waals surface area (Å²) in [6.45, 7) is 6.35. The minimum absolute atomic E-state index is 0.107. The van der Waals surface area contributed by atoms with Crippen molar-refractivity contribution in [1.29, 1.82) is 0 Å². The van der Waals surface area contributed by atoms with Crippen molar-refractivity contribution in [3.63, 3.8) is 0 Å². The minimum atomic E-state index is -0.808. The van der Waals surface area contributed by atoms with Crippen LogP contribution in [0.15, 0.2) is 109 Å². The Bertz CT molecular complexity index is 1410. The van der Waals surface area contributed by atoms with Gasteiger partial charge in [0.2, 0.25) is 0 Å². The van der Waals surface area contributed by atoms with E-state index in [0.717, 1.165) is 122 Å². The van der Waals surface area contributed by atoms with Crippen molar-refractivity contribution in [2.24, 2.45) is 0 Å². The summed E-state index contributed by atoms with van der Waals surface area (Å²) in [5.41, 5.74) is 0. The first-order valence-corrected chi connectivity index (χ1v) is 27.9. The summed E-state index contributed by atoms with van der Waals surface area (Å²) in [6.07, 6.45) is 75.1. The summed E-state index contributed by atoms with van der Waals surface area (Å²) >= 11 is 0. The Morgan fingerprint density at radius 1 is 0.309 bits per heavy atom. The standard InChI is InChI=1S/C62H102O6/c1-4-7-10-13-16-19-22-25-27-29-31-33-34-37-40-43-46-49-52-55-61(64)67-58-59(57-66-60(63)54-51-48-45-42-39-36-24-21-18-15-12-9-6-3)68-62(65)56-53-50-47-44-41-38-35-32-30-28-26-23-20-17-14-11-8-5-2/h7,9-10,12,16,18-19,21,25,27-28,30-31,33,36-37,39-40,59H,4-6,8,11,13-15,17,20,22-24,26,29,32,34-35,38,41-58H2,1-3H3/b10-7-,12-9-,19-16-,21-18-,27-25-,30-28-,33-31-,39-36-,40-37-. The predicted molar refractivity (Wildman–Crippen MR) is 293 cm³/mol. The second-order valence-electron chi connectivity index (χ2n) is 18.1. The van der Waals surface area contributed by atoms with Gasteiger partial charge in [0.05, 0.1) is 0 Å². The van der Waals surface area contributed by atoms with E-state index in [9.17, 15) is 14.4 Å². The Morgan fingerprint density at radius 3 is 0.926 bits per heavy atom. The van der Waals surface area contributed by atoms with Gasteiger partial charge in [0.15, 0.2) is 6.10 Å². The van der Waals surface area contributed by atoms with Crippen LogP contribution in [0.1, 0.15) is 245 Å². The molecule has 68 heavy (non-hydrogen) atoms. The first-order chi connectivity index (χ1) is 33.5. The molecular formula is C62H102O6. The van der Waals surface area contributed by atoms with Crippen molar-refractivity contribution in [3.05, 3.63) is 109 Å². The van der Waals surface area contributed by atoms with Gasteiger partial charge in [-0.25, -0.2) is 0 Å². The predicted octanol–water partition coefficient (Wildman–Crippen LogP) is 18.7. The Balaban J connectivity index is 4.48. The molecule has 0 fully saturated rings. The number of hydrogen-bond acceptors (Lipinski definition) is 6. The topological polar surface area (TPSA) is 78.9 Å². The summed E-state index contributed by atoms with van der Waals surface area (Å²) in [5, 5.41) is 0. The van der Waals surface area contributed by atoms with E-state index in [1.165, 1.54) is 83.5 Å². The van der Waals surface area contributed by atoms with E-state index in [1.54, 1.807) is 0 Å². The first kappa shape index (κ1) is 64.1. The van der Waals surface area contributed by atoms with Gasteiger partial charge in [-0.1, -0.05) is 214 Å². The molecule has 0 amide bonds. The van der Waals surface area contributed by atoms with Crippen LogP contribution in [-0.2, 0) is 28.6 Å². The summed E-state index contributed by atoms with van der Waals surface area (Å²) in [6, 6.07) is 0. The van der Waals surface area contributed by atoms with Crippen molar-refractivity contribution in [3.8, 4) is 0 Å². The Labute approximate surface area is 419 Å². The van der Waals surface area contributed by atoms with Crippen LogP contribution >= 0.6 is 0 Å². The molecule has 0 N–H and O–H groups in total. The van der Waals surface area contributed by atoms with Gasteiger partial charge >= 0.3 is 17.9 Å². The SMILES string of the molecule is CC/C=C\C/C=C\C/C=C\C/C=C\C/C=C\CCCCCC(=O)OCC(COC(=O)CCCCC/C=C\C/C=C\C/C=C\CC)OC(=O)CCCCCCCCC/C=C\CCCCCCCCC. The molecule has 0 aliphatic heterocycles. The molecule has 0 aliphatic carbocycles. The normalized spacial score (nSPS) is 12.9. The fourth-order valence-corrected chi connectivity index (χ4v) is 7.36. The van der Waals surface area contributed by atoms with Gasteiger partial charge in [-0.15, -0.1) is 0 Å².